The third-order valence-electron chi connectivity index (χ3n) is 8.33. The normalized spacial score (nSPS) is 22.4. The molecule has 0 bridgehead atoms. The molecule has 1 aliphatic rings. The number of hydrogen-bond acceptors (Lipinski definition) is 13. The third-order valence-corrected chi connectivity index (χ3v) is 14.2. The summed E-state index contributed by atoms with van der Waals surface area (Å²) in [7, 11) is -7.36. The Kier molecular flexibility index (Phi) is 11.0. The van der Waals surface area contributed by atoms with Crippen molar-refractivity contribution in [2.45, 2.75) is 110 Å². The maximum atomic E-state index is 13.1. The Morgan fingerprint density at radius 3 is 2.49 bits per heavy atom. The zero-order chi connectivity index (χ0) is 34.9. The van der Waals surface area contributed by atoms with E-state index in [1.54, 1.807) is 0 Å². The van der Waals surface area contributed by atoms with Crippen molar-refractivity contribution in [3.05, 3.63) is 35.4 Å². The van der Waals surface area contributed by atoms with Crippen LogP contribution in [0.25, 0.3) is 11.2 Å². The average Bonchev–Trinajstić information content (AvgIpc) is 3.70. The quantitative estimate of drug-likeness (QED) is 0.141. The molecule has 3 unspecified atom stereocenters. The lowest BCUT2D eigenvalue weighted by atomic mass is 10.1. The first-order chi connectivity index (χ1) is 21.8. The van der Waals surface area contributed by atoms with Gasteiger partial charge in [0.2, 0.25) is 13.7 Å². The second kappa shape index (κ2) is 14.1. The number of Topliss-reactive ketones (excluding diaryl/α,β-unsaturated/α-hetero) is 1. The van der Waals surface area contributed by atoms with E-state index in [2.05, 4.69) is 25.3 Å². The number of rotatable bonds is 14. The second-order valence-electron chi connectivity index (χ2n) is 13.7. The number of esters is 1. The van der Waals surface area contributed by atoms with Crippen molar-refractivity contribution in [1.82, 2.24) is 28.8 Å². The maximum absolute atomic E-state index is 13.1. The van der Waals surface area contributed by atoms with Crippen LogP contribution in [0.3, 0.4) is 0 Å². The fourth-order valence-electron chi connectivity index (χ4n) is 4.75. The molecule has 0 amide bonds. The summed E-state index contributed by atoms with van der Waals surface area (Å²) in [4.78, 5) is 66.3. The molecular weight excluding hydrogens is 649 g/mol. The Morgan fingerprint density at radius 1 is 1.19 bits per heavy atom. The van der Waals surface area contributed by atoms with E-state index in [-0.39, 0.29) is 46.7 Å². The maximum Gasteiger partial charge on any atom is 0.306 e. The molecule has 260 valence electrons. The van der Waals surface area contributed by atoms with Crippen LogP contribution in [0.1, 0.15) is 67.5 Å². The first kappa shape index (κ1) is 36.6. The highest BCUT2D eigenvalue weighted by Gasteiger charge is 2.55. The summed E-state index contributed by atoms with van der Waals surface area (Å²) in [6, 6.07) is 0. The Bertz CT molecular complexity index is 1670. The molecule has 0 saturated carbocycles. The van der Waals surface area contributed by atoms with Gasteiger partial charge in [0.05, 0.1) is 18.9 Å². The van der Waals surface area contributed by atoms with E-state index in [0.29, 0.717) is 6.54 Å². The van der Waals surface area contributed by atoms with Gasteiger partial charge >= 0.3 is 5.97 Å². The van der Waals surface area contributed by atoms with Gasteiger partial charge in [0.25, 0.3) is 5.56 Å². The Morgan fingerprint density at radius 2 is 1.89 bits per heavy atom. The highest BCUT2D eigenvalue weighted by atomic mass is 31.2. The number of nitrogens with one attached hydrogen (secondary N) is 2. The molecule has 0 spiro atoms. The summed E-state index contributed by atoms with van der Waals surface area (Å²) >= 11 is 0. The molecule has 6 atom stereocenters. The number of anilines is 1. The van der Waals surface area contributed by atoms with Crippen LogP contribution in [0.2, 0.25) is 18.1 Å². The third kappa shape index (κ3) is 8.45. The number of ether oxygens (including phenoxy) is 2. The van der Waals surface area contributed by atoms with Crippen molar-refractivity contribution in [2.75, 3.05) is 11.9 Å². The number of carbonyl (C=O) groups is 2. The molecule has 0 aromatic carbocycles. The smallest absolute Gasteiger partial charge is 0.306 e. The largest absolute Gasteiger partial charge is 0.761 e. The molecule has 0 radical (unpaired) electrons. The van der Waals surface area contributed by atoms with Crippen LogP contribution in [-0.4, -0.2) is 79.9 Å². The molecule has 4 heterocycles. The highest BCUT2D eigenvalue weighted by molar-refractivity contribution is 7.49. The first-order valence-corrected chi connectivity index (χ1v) is 19.9. The molecule has 1 fully saturated rings. The summed E-state index contributed by atoms with van der Waals surface area (Å²) in [6.07, 6.45) is -0.899. The fraction of sp³-hybridized carbons (Fsp3) is 0.655. The van der Waals surface area contributed by atoms with Crippen molar-refractivity contribution in [3.8, 4) is 0 Å². The van der Waals surface area contributed by atoms with Gasteiger partial charge in [-0.1, -0.05) is 34.6 Å². The van der Waals surface area contributed by atoms with Gasteiger partial charge in [-0.3, -0.25) is 28.0 Å². The fourth-order valence-corrected chi connectivity index (χ4v) is 7.09. The van der Waals surface area contributed by atoms with Gasteiger partial charge in [-0.15, -0.1) is 0 Å². The van der Waals surface area contributed by atoms with E-state index in [0.717, 1.165) is 10.7 Å². The lowest BCUT2D eigenvalue weighted by Gasteiger charge is -2.40. The lowest BCUT2D eigenvalue weighted by Crippen LogP contribution is -2.50. The van der Waals surface area contributed by atoms with Gasteiger partial charge < -0.3 is 33.4 Å². The molecule has 1 aliphatic heterocycles. The number of imidazole rings is 2. The van der Waals surface area contributed by atoms with Gasteiger partial charge in [-0.25, -0.2) is 9.97 Å². The van der Waals surface area contributed by atoms with E-state index in [4.69, 9.17) is 18.4 Å². The SMILES string of the molecule is CC(=O)CCC(=O)O[C@@H]1C(O[Si](C)(C)C(C)(C)C)[C@H](n2cnc3c(=O)[nH]c(NCC(C)C)nc32)O[C@@H]1C(C)OP(=O)([O-])n1ccnc1. The Labute approximate surface area is 274 Å². The summed E-state index contributed by atoms with van der Waals surface area (Å²) in [5, 5.41) is 2.82. The molecule has 3 aromatic heterocycles. The lowest BCUT2D eigenvalue weighted by molar-refractivity contribution is -0.211. The minimum absolute atomic E-state index is 0.0400. The molecule has 2 N–H and O–H groups in total. The van der Waals surface area contributed by atoms with Gasteiger partial charge in [0.1, 0.15) is 24.3 Å². The number of hydrogen-bond donors (Lipinski definition) is 2. The van der Waals surface area contributed by atoms with Crippen LogP contribution in [0.5, 0.6) is 0 Å². The highest BCUT2D eigenvalue weighted by Crippen LogP contribution is 2.47. The van der Waals surface area contributed by atoms with E-state index in [1.165, 1.54) is 37.1 Å². The van der Waals surface area contributed by atoms with Crippen LogP contribution >= 0.6 is 7.75 Å². The topological polar surface area (TPSA) is 205 Å². The van der Waals surface area contributed by atoms with Crippen LogP contribution in [0, 0.1) is 5.92 Å². The Balaban J connectivity index is 1.82. The van der Waals surface area contributed by atoms with E-state index in [1.807, 2.05) is 47.7 Å². The molecule has 16 nitrogen and oxygen atoms in total. The Hall–Kier alpha value is -3.21. The van der Waals surface area contributed by atoms with Gasteiger partial charge in [-0.05, 0) is 37.9 Å². The van der Waals surface area contributed by atoms with Crippen LogP contribution < -0.4 is 15.8 Å². The summed E-state index contributed by atoms with van der Waals surface area (Å²) in [5.41, 5.74) is -0.257. The number of carbonyl (C=O) groups excluding carboxylic acids is 2. The summed E-state index contributed by atoms with van der Waals surface area (Å²) in [6.45, 7) is 17.6. The number of aromatic nitrogens is 6. The summed E-state index contributed by atoms with van der Waals surface area (Å²) < 4.78 is 40.4. The zero-order valence-electron chi connectivity index (χ0n) is 28.3. The molecule has 47 heavy (non-hydrogen) atoms. The minimum Gasteiger partial charge on any atom is -0.761 e. The van der Waals surface area contributed by atoms with E-state index < -0.39 is 58.2 Å². The van der Waals surface area contributed by atoms with E-state index in [9.17, 15) is 23.8 Å². The number of aromatic amines is 1. The van der Waals surface area contributed by atoms with Gasteiger partial charge in [0.15, 0.2) is 31.8 Å². The number of ketones is 1. The predicted octanol–water partition coefficient (Wildman–Crippen LogP) is 3.37. The molecular formula is C29H45N7O9PSi-. The number of nitrogens with zero attached hydrogens (tertiary/aromatic N) is 5. The molecule has 4 rings (SSSR count). The first-order valence-electron chi connectivity index (χ1n) is 15.5. The molecule has 0 aliphatic carbocycles. The average molecular weight is 695 g/mol. The standard InChI is InChI=1S/C29H46N7O9PSi/c1-17(2)14-31-28-33-25-21(26(39)34-28)32-16-36(25)27-24(45-47(8,9)29(5,6)7)23(42-20(38)11-10-18(3)37)22(43-27)19(4)44-46(40,41)35-13-12-30-15-35/h12-13,15-17,19,22-24,27H,10-11,14H2,1-9H3,(H,40,41)(H2,31,33,34,39)/p-1/t19?,22-,23+,24?,27-/m1/s1. The number of H-pyrrole nitrogens is 1. The zero-order valence-corrected chi connectivity index (χ0v) is 30.1. The molecule has 18 heteroatoms. The van der Waals surface area contributed by atoms with Crippen LogP contribution in [-0.2, 0) is 32.6 Å². The van der Waals surface area contributed by atoms with Crippen molar-refractivity contribution in [3.63, 3.8) is 0 Å². The van der Waals surface area contributed by atoms with Gasteiger partial charge in [-0.2, -0.15) is 4.98 Å². The number of fused-ring (bicyclic) bond motifs is 1. The van der Waals surface area contributed by atoms with Crippen molar-refractivity contribution < 1.29 is 37.5 Å². The molecule has 3 aromatic rings. The minimum atomic E-state index is -4.71. The van der Waals surface area contributed by atoms with E-state index >= 15 is 0 Å². The van der Waals surface area contributed by atoms with Crippen molar-refractivity contribution >= 4 is 44.9 Å². The monoisotopic (exact) mass is 694 g/mol. The van der Waals surface area contributed by atoms with Crippen LogP contribution in [0.15, 0.2) is 29.8 Å². The predicted molar refractivity (Wildman–Crippen MR) is 173 cm³/mol. The van der Waals surface area contributed by atoms with Crippen molar-refractivity contribution in [2.24, 2.45) is 5.92 Å². The summed E-state index contributed by atoms with van der Waals surface area (Å²) in [5.74, 6) is -0.395. The van der Waals surface area contributed by atoms with Crippen LogP contribution in [0.4, 0.5) is 5.95 Å². The van der Waals surface area contributed by atoms with Gasteiger partial charge in [0, 0.05) is 25.4 Å². The second-order valence-corrected chi connectivity index (χ2v) is 20.1. The van der Waals surface area contributed by atoms with Crippen molar-refractivity contribution in [1.29, 1.82) is 0 Å². The molecule has 1 saturated heterocycles.